The Morgan fingerprint density at radius 2 is 1.54 bits per heavy atom. The van der Waals surface area contributed by atoms with Crippen LogP contribution >= 0.6 is 0 Å². The molecule has 2 N–H and O–H groups in total. The summed E-state index contributed by atoms with van der Waals surface area (Å²) in [6.45, 7) is 11.3. The second-order valence-corrected chi connectivity index (χ2v) is 13.6. The maximum atomic E-state index is 13.5. The molecule has 1 amide bonds. The quantitative estimate of drug-likeness (QED) is 0.417. The van der Waals surface area contributed by atoms with Crippen LogP contribution in [0, 0.1) is 0 Å². The molecule has 0 radical (unpaired) electrons. The molecular formula is C30H40N4O6S. The van der Waals surface area contributed by atoms with Crippen LogP contribution in [0.1, 0.15) is 53.0 Å². The van der Waals surface area contributed by atoms with E-state index in [9.17, 15) is 18.0 Å². The van der Waals surface area contributed by atoms with Gasteiger partial charge in [0.15, 0.2) is 5.03 Å². The summed E-state index contributed by atoms with van der Waals surface area (Å²) in [5, 5.41) is 5.69. The molecule has 0 aliphatic carbocycles. The molecule has 11 heteroatoms. The Morgan fingerprint density at radius 3 is 2.15 bits per heavy atom. The topological polar surface area (TPSA) is 124 Å². The minimum atomic E-state index is -4.19. The van der Waals surface area contributed by atoms with Crippen LogP contribution in [0.25, 0.3) is 10.9 Å². The van der Waals surface area contributed by atoms with Gasteiger partial charge in [-0.15, -0.1) is 0 Å². The van der Waals surface area contributed by atoms with Gasteiger partial charge in [-0.05, 0) is 65.2 Å². The first kappa shape index (κ1) is 30.5. The van der Waals surface area contributed by atoms with Crippen molar-refractivity contribution in [2.24, 2.45) is 5.14 Å². The van der Waals surface area contributed by atoms with Gasteiger partial charge in [-0.2, -0.15) is 0 Å². The Labute approximate surface area is 242 Å². The number of primary sulfonamides is 1. The third kappa shape index (κ3) is 7.87. The van der Waals surface area contributed by atoms with Crippen LogP contribution in [0.5, 0.6) is 0 Å². The van der Waals surface area contributed by atoms with Gasteiger partial charge >= 0.3 is 12.2 Å². The molecular weight excluding hydrogens is 544 g/mol. The maximum absolute atomic E-state index is 13.5. The summed E-state index contributed by atoms with van der Waals surface area (Å²) >= 11 is 0. The smallest absolute Gasteiger partial charge is 0.420 e. The van der Waals surface area contributed by atoms with E-state index in [4.69, 9.17) is 14.6 Å². The number of nitrogens with zero attached hydrogens (tertiary/aromatic N) is 3. The summed E-state index contributed by atoms with van der Waals surface area (Å²) in [4.78, 5) is 30.1. The van der Waals surface area contributed by atoms with Crippen LogP contribution in [-0.4, -0.2) is 71.8 Å². The molecule has 1 saturated heterocycles. The van der Waals surface area contributed by atoms with Gasteiger partial charge in [0.05, 0.1) is 5.52 Å². The highest BCUT2D eigenvalue weighted by molar-refractivity contribution is 7.89. The third-order valence-electron chi connectivity index (χ3n) is 6.96. The van der Waals surface area contributed by atoms with Gasteiger partial charge < -0.3 is 14.4 Å². The number of ether oxygens (including phenoxy) is 2. The van der Waals surface area contributed by atoms with Crippen molar-refractivity contribution in [1.82, 2.24) is 14.4 Å². The Bertz CT molecular complexity index is 1490. The predicted octanol–water partition coefficient (Wildman–Crippen LogP) is 4.95. The standard InChI is InChI=1S/C30H40N4O6S/c1-29(2,3)39-27(35)32-17-15-24(16-18-32)33(20-22-11-7-6-8-12-22)21-30(4,5)40-28(36)34-25-14-10-9-13-23(25)19-26(34)41(31,37)38/h6-14,19,24H,15-18,20-21H2,1-5H3,(H2,31,37,38). The molecule has 1 aliphatic heterocycles. The van der Waals surface area contributed by atoms with Crippen molar-refractivity contribution in [3.63, 3.8) is 0 Å². The van der Waals surface area contributed by atoms with E-state index in [1.54, 1.807) is 43.0 Å². The second kappa shape index (κ2) is 11.8. The molecule has 222 valence electrons. The highest BCUT2D eigenvalue weighted by Crippen LogP contribution is 2.27. The number of para-hydroxylation sites is 1. The number of carbonyl (C=O) groups excluding carboxylic acids is 2. The summed E-state index contributed by atoms with van der Waals surface area (Å²) in [6.07, 6.45) is 0.325. The Balaban J connectivity index is 1.53. The number of amides is 1. The molecule has 0 saturated carbocycles. The number of rotatable bonds is 7. The van der Waals surface area contributed by atoms with E-state index in [0.29, 0.717) is 37.1 Å². The molecule has 2 aromatic carbocycles. The van der Waals surface area contributed by atoms with Gasteiger partial charge in [0.25, 0.3) is 10.0 Å². The minimum Gasteiger partial charge on any atom is -0.444 e. The lowest BCUT2D eigenvalue weighted by molar-refractivity contribution is -0.0168. The van der Waals surface area contributed by atoms with E-state index < -0.39 is 27.3 Å². The van der Waals surface area contributed by atoms with Crippen molar-refractivity contribution in [1.29, 1.82) is 0 Å². The summed E-state index contributed by atoms with van der Waals surface area (Å²) in [5.74, 6) is 0. The van der Waals surface area contributed by atoms with Gasteiger partial charge in [0.2, 0.25) is 0 Å². The second-order valence-electron chi connectivity index (χ2n) is 12.1. The van der Waals surface area contributed by atoms with Gasteiger partial charge in [0.1, 0.15) is 11.2 Å². The number of likely N-dealkylation sites (tertiary alicyclic amines) is 1. The highest BCUT2D eigenvalue weighted by Gasteiger charge is 2.35. The average Bonchev–Trinajstić information content (AvgIpc) is 3.28. The number of fused-ring (bicyclic) bond motifs is 1. The molecule has 1 aromatic heterocycles. The fraction of sp³-hybridized carbons (Fsp3) is 0.467. The number of carbonyl (C=O) groups is 2. The van der Waals surface area contributed by atoms with Crippen LogP contribution in [0.4, 0.5) is 9.59 Å². The van der Waals surface area contributed by atoms with Crippen LogP contribution in [0.3, 0.4) is 0 Å². The summed E-state index contributed by atoms with van der Waals surface area (Å²) < 4.78 is 37.2. The zero-order chi connectivity index (χ0) is 30.0. The van der Waals surface area contributed by atoms with E-state index in [1.807, 2.05) is 51.1 Å². The molecule has 1 aliphatic rings. The van der Waals surface area contributed by atoms with Crippen LogP contribution < -0.4 is 5.14 Å². The molecule has 0 bridgehead atoms. The highest BCUT2D eigenvalue weighted by atomic mass is 32.2. The Morgan fingerprint density at radius 1 is 0.927 bits per heavy atom. The van der Waals surface area contributed by atoms with Crippen LogP contribution in [0.15, 0.2) is 65.7 Å². The molecule has 1 fully saturated rings. The van der Waals surface area contributed by atoms with Crippen molar-refractivity contribution in [3.05, 3.63) is 66.2 Å². The molecule has 0 unspecified atom stereocenters. The van der Waals surface area contributed by atoms with E-state index in [0.717, 1.165) is 23.0 Å². The van der Waals surface area contributed by atoms with E-state index in [2.05, 4.69) is 4.90 Å². The van der Waals surface area contributed by atoms with E-state index in [1.165, 1.54) is 6.07 Å². The zero-order valence-corrected chi connectivity index (χ0v) is 25.2. The Hall–Kier alpha value is -3.41. The first-order valence-electron chi connectivity index (χ1n) is 13.8. The number of sulfonamides is 1. The largest absolute Gasteiger partial charge is 0.444 e. The number of hydrogen-bond donors (Lipinski definition) is 1. The first-order valence-corrected chi connectivity index (χ1v) is 15.3. The monoisotopic (exact) mass is 584 g/mol. The maximum Gasteiger partial charge on any atom is 0.420 e. The summed E-state index contributed by atoms with van der Waals surface area (Å²) in [7, 11) is -4.19. The molecule has 3 aromatic rings. The van der Waals surface area contributed by atoms with E-state index in [-0.39, 0.29) is 17.2 Å². The van der Waals surface area contributed by atoms with Gasteiger partial charge in [-0.25, -0.2) is 27.7 Å². The van der Waals surface area contributed by atoms with Gasteiger partial charge in [-0.1, -0.05) is 48.5 Å². The minimum absolute atomic E-state index is 0.124. The first-order chi connectivity index (χ1) is 19.1. The molecule has 10 nitrogen and oxygen atoms in total. The molecule has 41 heavy (non-hydrogen) atoms. The molecule has 0 atom stereocenters. The molecule has 2 heterocycles. The average molecular weight is 585 g/mol. The van der Waals surface area contributed by atoms with Gasteiger partial charge in [-0.3, -0.25) is 4.90 Å². The lowest BCUT2D eigenvalue weighted by Crippen LogP contribution is -2.51. The fourth-order valence-electron chi connectivity index (χ4n) is 5.20. The molecule has 0 spiro atoms. The number of nitrogens with two attached hydrogens (primary N) is 1. The third-order valence-corrected chi connectivity index (χ3v) is 7.84. The zero-order valence-electron chi connectivity index (χ0n) is 24.4. The Kier molecular flexibility index (Phi) is 8.81. The van der Waals surface area contributed by atoms with Gasteiger partial charge in [0, 0.05) is 37.6 Å². The molecule has 4 rings (SSSR count). The van der Waals surface area contributed by atoms with Crippen LogP contribution in [-0.2, 0) is 26.0 Å². The lowest BCUT2D eigenvalue weighted by atomic mass is 9.99. The van der Waals surface area contributed by atoms with Crippen molar-refractivity contribution >= 4 is 33.1 Å². The SMILES string of the molecule is CC(C)(C)OC(=O)N1CCC(N(Cc2ccccc2)CC(C)(C)OC(=O)n2c(S(N)(=O)=O)cc3ccccc32)CC1. The number of piperidine rings is 1. The number of benzene rings is 2. The normalized spacial score (nSPS) is 15.3. The predicted molar refractivity (Wildman–Crippen MR) is 157 cm³/mol. The lowest BCUT2D eigenvalue weighted by Gasteiger charge is -2.41. The summed E-state index contributed by atoms with van der Waals surface area (Å²) in [6, 6.07) is 18.4. The summed E-state index contributed by atoms with van der Waals surface area (Å²) in [5.41, 5.74) is -0.0464. The van der Waals surface area contributed by atoms with Crippen molar-refractivity contribution < 1.29 is 27.5 Å². The number of aromatic nitrogens is 1. The van der Waals surface area contributed by atoms with Crippen molar-refractivity contribution in [2.45, 2.75) is 76.3 Å². The number of hydrogen-bond acceptors (Lipinski definition) is 7. The van der Waals surface area contributed by atoms with Crippen LogP contribution in [0.2, 0.25) is 0 Å². The fourth-order valence-corrected chi connectivity index (χ4v) is 5.92. The van der Waals surface area contributed by atoms with Crippen molar-refractivity contribution in [2.75, 3.05) is 19.6 Å². The van der Waals surface area contributed by atoms with E-state index >= 15 is 0 Å². The van der Waals surface area contributed by atoms with Crippen molar-refractivity contribution in [3.8, 4) is 0 Å².